The smallest absolute Gasteiger partial charge is 0.257 e. The molecule has 8 nitrogen and oxygen atoms in total. The molecule has 1 atom stereocenters. The van der Waals surface area contributed by atoms with Gasteiger partial charge in [-0.05, 0) is 48.0 Å². The van der Waals surface area contributed by atoms with Gasteiger partial charge in [0.05, 0.1) is 28.4 Å². The summed E-state index contributed by atoms with van der Waals surface area (Å²) in [6.07, 6.45) is 2.07. The first-order valence-corrected chi connectivity index (χ1v) is 13.8. The summed E-state index contributed by atoms with van der Waals surface area (Å²) in [6, 6.07) is 15.1. The zero-order chi connectivity index (χ0) is 24.6. The van der Waals surface area contributed by atoms with E-state index in [0.29, 0.717) is 28.3 Å². The van der Waals surface area contributed by atoms with E-state index in [1.807, 2.05) is 18.2 Å². The van der Waals surface area contributed by atoms with E-state index >= 15 is 0 Å². The molecule has 180 valence electrons. The molecule has 1 aliphatic rings. The highest BCUT2D eigenvalue weighted by molar-refractivity contribution is 7.99. The maximum atomic E-state index is 13.2. The van der Waals surface area contributed by atoms with Crippen LogP contribution in [0.4, 0.5) is 0 Å². The number of aromatic nitrogens is 1. The van der Waals surface area contributed by atoms with Crippen LogP contribution < -0.4 is 0 Å². The molecule has 0 radical (unpaired) electrons. The van der Waals surface area contributed by atoms with Crippen molar-refractivity contribution in [1.29, 1.82) is 0 Å². The summed E-state index contributed by atoms with van der Waals surface area (Å²) < 4.78 is 35.6. The number of thioether (sulfide) groups is 1. The number of oxazole rings is 1. The van der Waals surface area contributed by atoms with Gasteiger partial charge in [0.15, 0.2) is 15.4 Å². The van der Waals surface area contributed by atoms with Gasteiger partial charge in [-0.2, -0.15) is 5.10 Å². The first-order chi connectivity index (χ1) is 16.8. The molecule has 0 fully saturated rings. The van der Waals surface area contributed by atoms with Crippen LogP contribution in [-0.4, -0.2) is 41.5 Å². The molecule has 1 aliphatic heterocycles. The zero-order valence-corrected chi connectivity index (χ0v) is 20.9. The predicted molar refractivity (Wildman–Crippen MR) is 133 cm³/mol. The molecule has 5 rings (SSSR count). The average molecular weight is 530 g/mol. The van der Waals surface area contributed by atoms with Crippen molar-refractivity contribution < 1.29 is 22.0 Å². The van der Waals surface area contributed by atoms with E-state index in [0.717, 1.165) is 23.0 Å². The van der Waals surface area contributed by atoms with Crippen molar-refractivity contribution in [3.63, 3.8) is 0 Å². The molecule has 2 aromatic heterocycles. The van der Waals surface area contributed by atoms with Gasteiger partial charge in [-0.3, -0.25) is 4.79 Å². The lowest BCUT2D eigenvalue weighted by molar-refractivity contribution is -0.130. The van der Waals surface area contributed by atoms with E-state index in [-0.39, 0.29) is 33.6 Å². The molecule has 4 aromatic rings. The van der Waals surface area contributed by atoms with Gasteiger partial charge in [0, 0.05) is 11.4 Å². The van der Waals surface area contributed by atoms with E-state index in [9.17, 15) is 13.2 Å². The monoisotopic (exact) mass is 529 g/mol. The van der Waals surface area contributed by atoms with Crippen LogP contribution >= 0.6 is 23.4 Å². The van der Waals surface area contributed by atoms with Gasteiger partial charge in [-0.15, -0.1) is 0 Å². The second-order valence-corrected chi connectivity index (χ2v) is 11.5. The Morgan fingerprint density at radius 1 is 1.20 bits per heavy atom. The standard InChI is InChI=1S/C24H20ClN3O5S2/c1-2-35(30,31)17-9-10-21-19(12-17)26-24(33-21)34-14-23(29)28-20(22-4-3-11-32-22)13-18(27-28)15-5-7-16(25)8-6-15/h3-12,20H,2,13-14H2,1H3. The Morgan fingerprint density at radius 2 is 2.00 bits per heavy atom. The number of amides is 1. The van der Waals surface area contributed by atoms with Crippen LogP contribution in [0.2, 0.25) is 5.02 Å². The number of furan rings is 1. The van der Waals surface area contributed by atoms with Crippen molar-refractivity contribution in [3.8, 4) is 0 Å². The minimum Gasteiger partial charge on any atom is -0.467 e. The highest BCUT2D eigenvalue weighted by atomic mass is 35.5. The maximum absolute atomic E-state index is 13.2. The number of sulfone groups is 1. The molecule has 0 saturated heterocycles. The van der Waals surface area contributed by atoms with Gasteiger partial charge in [0.2, 0.25) is 0 Å². The quantitative estimate of drug-likeness (QED) is 0.297. The fourth-order valence-corrected chi connectivity index (χ4v) is 5.47. The first kappa shape index (κ1) is 23.7. The van der Waals surface area contributed by atoms with E-state index in [4.69, 9.17) is 20.4 Å². The van der Waals surface area contributed by atoms with E-state index in [1.165, 1.54) is 17.1 Å². The fourth-order valence-electron chi connectivity index (χ4n) is 3.76. The van der Waals surface area contributed by atoms with E-state index in [2.05, 4.69) is 10.1 Å². The zero-order valence-electron chi connectivity index (χ0n) is 18.5. The SMILES string of the molecule is CCS(=O)(=O)c1ccc2oc(SCC(=O)N3N=C(c4ccc(Cl)cc4)CC3c3ccco3)nc2c1. The van der Waals surface area contributed by atoms with Crippen LogP contribution in [0.15, 0.2) is 84.9 Å². The molecule has 2 aromatic carbocycles. The van der Waals surface area contributed by atoms with Crippen molar-refractivity contribution >= 4 is 55.9 Å². The van der Waals surface area contributed by atoms with Crippen LogP contribution in [-0.2, 0) is 14.6 Å². The Labute approximate surface area is 210 Å². The summed E-state index contributed by atoms with van der Waals surface area (Å²) in [5, 5.41) is 6.92. The van der Waals surface area contributed by atoms with Crippen LogP contribution in [0.5, 0.6) is 0 Å². The van der Waals surface area contributed by atoms with Gasteiger partial charge < -0.3 is 8.83 Å². The molecular formula is C24H20ClN3O5S2. The number of fused-ring (bicyclic) bond motifs is 1. The van der Waals surface area contributed by atoms with Gasteiger partial charge >= 0.3 is 0 Å². The van der Waals surface area contributed by atoms with E-state index in [1.54, 1.807) is 37.5 Å². The highest BCUT2D eigenvalue weighted by Gasteiger charge is 2.35. The minimum absolute atomic E-state index is 0.00232. The molecular weight excluding hydrogens is 510 g/mol. The lowest BCUT2D eigenvalue weighted by Crippen LogP contribution is -2.28. The third-order valence-corrected chi connectivity index (χ3v) is 8.41. The number of hydrogen-bond acceptors (Lipinski definition) is 8. The van der Waals surface area contributed by atoms with Crippen molar-refractivity contribution in [3.05, 3.63) is 77.2 Å². The second kappa shape index (κ2) is 9.52. The largest absolute Gasteiger partial charge is 0.467 e. The Kier molecular flexibility index (Phi) is 6.43. The Bertz CT molecular complexity index is 1510. The van der Waals surface area contributed by atoms with Crippen LogP contribution in [0, 0.1) is 0 Å². The summed E-state index contributed by atoms with van der Waals surface area (Å²) in [4.78, 5) is 17.7. The number of carbonyl (C=O) groups is 1. The minimum atomic E-state index is -3.36. The normalized spacial score (nSPS) is 16.1. The number of hydrogen-bond donors (Lipinski definition) is 0. The third-order valence-electron chi connectivity index (χ3n) is 5.61. The molecule has 0 spiro atoms. The predicted octanol–water partition coefficient (Wildman–Crippen LogP) is 5.34. The number of benzene rings is 2. The number of halogens is 1. The number of rotatable bonds is 7. The lowest BCUT2D eigenvalue weighted by Gasteiger charge is -2.19. The Hall–Kier alpha value is -3.08. The van der Waals surface area contributed by atoms with Crippen molar-refractivity contribution in [1.82, 2.24) is 9.99 Å². The highest BCUT2D eigenvalue weighted by Crippen LogP contribution is 2.34. The van der Waals surface area contributed by atoms with Crippen molar-refractivity contribution in [2.24, 2.45) is 5.10 Å². The fraction of sp³-hybridized carbons (Fsp3) is 0.208. The molecule has 11 heteroatoms. The molecule has 0 bridgehead atoms. The first-order valence-electron chi connectivity index (χ1n) is 10.8. The topological polar surface area (TPSA) is 106 Å². The van der Waals surface area contributed by atoms with Gasteiger partial charge in [-0.1, -0.05) is 42.4 Å². The summed E-state index contributed by atoms with van der Waals surface area (Å²) in [5.74, 6) is 0.429. The van der Waals surface area contributed by atoms with Gasteiger partial charge in [0.1, 0.15) is 17.3 Å². The molecule has 1 amide bonds. The summed E-state index contributed by atoms with van der Waals surface area (Å²) in [7, 11) is -3.36. The van der Waals surface area contributed by atoms with Crippen LogP contribution in [0.1, 0.15) is 30.7 Å². The number of carbonyl (C=O) groups excluding carboxylic acids is 1. The van der Waals surface area contributed by atoms with Gasteiger partial charge in [-0.25, -0.2) is 18.4 Å². The van der Waals surface area contributed by atoms with Crippen LogP contribution in [0.3, 0.4) is 0 Å². The molecule has 35 heavy (non-hydrogen) atoms. The third kappa shape index (κ3) is 4.86. The average Bonchev–Trinajstić information content (AvgIpc) is 3.61. The number of hydrazone groups is 1. The maximum Gasteiger partial charge on any atom is 0.257 e. The molecule has 3 heterocycles. The van der Waals surface area contributed by atoms with E-state index < -0.39 is 9.84 Å². The number of nitrogens with zero attached hydrogens (tertiary/aromatic N) is 3. The Balaban J connectivity index is 1.35. The summed E-state index contributed by atoms with van der Waals surface area (Å²) in [6.45, 7) is 1.59. The van der Waals surface area contributed by atoms with Crippen LogP contribution in [0.25, 0.3) is 11.1 Å². The van der Waals surface area contributed by atoms with Crippen molar-refractivity contribution in [2.75, 3.05) is 11.5 Å². The lowest BCUT2D eigenvalue weighted by atomic mass is 10.0. The van der Waals surface area contributed by atoms with Crippen molar-refractivity contribution in [2.45, 2.75) is 29.5 Å². The molecule has 0 aliphatic carbocycles. The second-order valence-electron chi connectivity index (χ2n) is 7.83. The molecule has 1 unspecified atom stereocenters. The summed E-state index contributed by atoms with van der Waals surface area (Å²) >= 11 is 7.13. The molecule has 0 N–H and O–H groups in total. The Morgan fingerprint density at radius 3 is 2.71 bits per heavy atom. The van der Waals surface area contributed by atoms with Gasteiger partial charge in [0.25, 0.3) is 11.1 Å². The summed E-state index contributed by atoms with van der Waals surface area (Å²) in [5.41, 5.74) is 2.51. The molecule has 0 saturated carbocycles.